The van der Waals surface area contributed by atoms with Crippen molar-refractivity contribution in [3.05, 3.63) is 95.4 Å². The summed E-state index contributed by atoms with van der Waals surface area (Å²) in [7, 11) is -13.3. The molecule has 3 aromatic rings. The highest BCUT2D eigenvalue weighted by atomic mass is 31.2. The predicted molar refractivity (Wildman–Crippen MR) is 115 cm³/mol. The van der Waals surface area contributed by atoms with Crippen molar-refractivity contribution in [1.82, 2.24) is 0 Å². The van der Waals surface area contributed by atoms with Crippen LogP contribution in [0, 0.1) is 5.92 Å². The fraction of sp³-hybridized carbons (Fsp3) is 0. The van der Waals surface area contributed by atoms with Crippen molar-refractivity contribution >= 4 is 38.7 Å². The number of hydrogen-bond donors (Lipinski definition) is 6. The first-order chi connectivity index (χ1) is 14.3. The van der Waals surface area contributed by atoms with Gasteiger partial charge >= 0.3 is 22.8 Å². The first kappa shape index (κ1) is 23.8. The van der Waals surface area contributed by atoms with E-state index in [0.29, 0.717) is 22.6 Å². The molecule has 163 valence electrons. The molecule has 0 aliphatic heterocycles. The van der Waals surface area contributed by atoms with E-state index in [2.05, 4.69) is 0 Å². The Morgan fingerprint density at radius 2 is 0.613 bits per heavy atom. The van der Waals surface area contributed by atoms with Gasteiger partial charge in [0.1, 0.15) is 0 Å². The zero-order chi connectivity index (χ0) is 23.0. The molecule has 0 unspecified atom stereocenters. The third-order valence-electron chi connectivity index (χ3n) is 4.48. The predicted octanol–water partition coefficient (Wildman–Crippen LogP) is 1.11. The van der Waals surface area contributed by atoms with Gasteiger partial charge in [0.05, 0.1) is 21.8 Å². The van der Waals surface area contributed by atoms with Crippen LogP contribution in [0.3, 0.4) is 0 Å². The smallest absolute Gasteiger partial charge is 0.321 e. The van der Waals surface area contributed by atoms with Crippen molar-refractivity contribution in [2.24, 2.45) is 0 Å². The first-order valence-electron chi connectivity index (χ1n) is 8.63. The molecule has 12 heteroatoms. The van der Waals surface area contributed by atoms with Gasteiger partial charge in [-0.15, -0.1) is 0 Å². The molecule has 0 amide bonds. The Morgan fingerprint density at radius 1 is 0.419 bits per heavy atom. The molecular formula is C19H18O9P3. The zero-order valence-corrected chi connectivity index (χ0v) is 18.4. The van der Waals surface area contributed by atoms with Gasteiger partial charge < -0.3 is 29.4 Å². The van der Waals surface area contributed by atoms with E-state index in [9.17, 15) is 43.1 Å². The highest BCUT2D eigenvalue weighted by Crippen LogP contribution is 2.38. The Kier molecular flexibility index (Phi) is 6.57. The van der Waals surface area contributed by atoms with Crippen LogP contribution in [0.25, 0.3) is 0 Å². The second-order valence-corrected chi connectivity index (χ2v) is 11.5. The molecule has 3 aromatic carbocycles. The van der Waals surface area contributed by atoms with Crippen molar-refractivity contribution in [2.75, 3.05) is 0 Å². The summed E-state index contributed by atoms with van der Waals surface area (Å²) in [5.74, 6) is 0.534. The van der Waals surface area contributed by atoms with Gasteiger partial charge in [-0.3, -0.25) is 13.7 Å². The minimum Gasteiger partial charge on any atom is -0.321 e. The van der Waals surface area contributed by atoms with Gasteiger partial charge in [-0.25, -0.2) is 0 Å². The molecule has 0 saturated carbocycles. The lowest BCUT2D eigenvalue weighted by Gasteiger charge is -2.19. The van der Waals surface area contributed by atoms with E-state index in [0.717, 1.165) is 0 Å². The van der Waals surface area contributed by atoms with Gasteiger partial charge in [0.15, 0.2) is 0 Å². The van der Waals surface area contributed by atoms with Crippen LogP contribution in [0.2, 0.25) is 0 Å². The lowest BCUT2D eigenvalue weighted by atomic mass is 9.85. The average molecular weight is 483 g/mol. The summed E-state index contributed by atoms with van der Waals surface area (Å²) in [4.78, 5) is 55.9. The molecule has 0 aliphatic carbocycles. The Bertz CT molecular complexity index is 1050. The van der Waals surface area contributed by atoms with Crippen molar-refractivity contribution in [3.63, 3.8) is 0 Å². The van der Waals surface area contributed by atoms with E-state index in [1.807, 2.05) is 0 Å². The van der Waals surface area contributed by atoms with Crippen LogP contribution in [0.4, 0.5) is 0 Å². The molecule has 6 N–H and O–H groups in total. The first-order valence-corrected chi connectivity index (χ1v) is 13.5. The fourth-order valence-corrected chi connectivity index (χ4v) is 4.58. The molecule has 0 fully saturated rings. The Balaban J connectivity index is 2.11. The lowest BCUT2D eigenvalue weighted by molar-refractivity contribution is 0.385. The second kappa shape index (κ2) is 8.57. The molecule has 0 aromatic heterocycles. The van der Waals surface area contributed by atoms with Gasteiger partial charge in [-0.05, 0) is 53.1 Å². The Hall–Kier alpha value is -1.89. The SMILES string of the molecule is O=P(O)(O)c1ccc([C](c2ccc(P(=O)(O)O)cc2)c2ccc(P(=O)(O)O)cc2)cc1. The van der Waals surface area contributed by atoms with Gasteiger partial charge in [0.2, 0.25) is 0 Å². The highest BCUT2D eigenvalue weighted by molar-refractivity contribution is 7.60. The van der Waals surface area contributed by atoms with E-state index in [1.54, 1.807) is 0 Å². The average Bonchev–Trinajstić information content (AvgIpc) is 2.67. The quantitative estimate of drug-likeness (QED) is 0.222. The zero-order valence-electron chi connectivity index (χ0n) is 15.7. The number of benzene rings is 3. The maximum atomic E-state index is 11.5. The van der Waals surface area contributed by atoms with Crippen LogP contribution in [0.15, 0.2) is 72.8 Å². The molecule has 0 bridgehead atoms. The maximum Gasteiger partial charge on any atom is 0.356 e. The molecule has 0 saturated heterocycles. The number of rotatable bonds is 6. The number of hydrogen-bond acceptors (Lipinski definition) is 3. The molecule has 0 heterocycles. The minimum absolute atomic E-state index is 0.177. The van der Waals surface area contributed by atoms with Crippen LogP contribution in [0.1, 0.15) is 16.7 Å². The second-order valence-electron chi connectivity index (χ2n) is 6.65. The van der Waals surface area contributed by atoms with Gasteiger partial charge in [-0.2, -0.15) is 0 Å². The van der Waals surface area contributed by atoms with Crippen LogP contribution in [0.5, 0.6) is 0 Å². The largest absolute Gasteiger partial charge is 0.356 e. The monoisotopic (exact) mass is 483 g/mol. The standard InChI is InChI=1S/C19H18O9P3/c20-29(21,22)16-7-1-13(2-8-16)19(14-3-9-17(10-4-14)30(23,24)25)15-5-11-18(12-6-15)31(26,27)28/h1-12H,(H2,20,21,22)(H2,23,24,25)(H2,26,27,28). The summed E-state index contributed by atoms with van der Waals surface area (Å²) < 4.78 is 34.4. The Labute approximate surface area is 177 Å². The lowest BCUT2D eigenvalue weighted by Crippen LogP contribution is -2.11. The summed E-state index contributed by atoms with van der Waals surface area (Å²) >= 11 is 0. The summed E-state index contributed by atoms with van der Waals surface area (Å²) in [6.07, 6.45) is 0. The highest BCUT2D eigenvalue weighted by Gasteiger charge is 2.24. The van der Waals surface area contributed by atoms with Crippen molar-refractivity contribution in [1.29, 1.82) is 0 Å². The van der Waals surface area contributed by atoms with Gasteiger partial charge in [0.25, 0.3) is 0 Å². The van der Waals surface area contributed by atoms with Crippen LogP contribution >= 0.6 is 22.8 Å². The third kappa shape index (κ3) is 5.68. The van der Waals surface area contributed by atoms with Crippen LogP contribution < -0.4 is 15.9 Å². The molecule has 9 nitrogen and oxygen atoms in total. The van der Waals surface area contributed by atoms with Crippen LogP contribution in [-0.4, -0.2) is 29.4 Å². The molecule has 31 heavy (non-hydrogen) atoms. The van der Waals surface area contributed by atoms with Gasteiger partial charge in [-0.1, -0.05) is 36.4 Å². The summed E-state index contributed by atoms with van der Waals surface area (Å²) in [6, 6.07) is 16.5. The molecular weight excluding hydrogens is 465 g/mol. The summed E-state index contributed by atoms with van der Waals surface area (Å²) in [6.45, 7) is 0. The van der Waals surface area contributed by atoms with E-state index in [1.165, 1.54) is 72.8 Å². The van der Waals surface area contributed by atoms with E-state index in [4.69, 9.17) is 0 Å². The normalized spacial score (nSPS) is 12.9. The summed E-state index contributed by atoms with van der Waals surface area (Å²) in [5, 5.41) is -0.530. The van der Waals surface area contributed by atoms with E-state index < -0.39 is 22.8 Å². The van der Waals surface area contributed by atoms with Crippen molar-refractivity contribution < 1.29 is 43.1 Å². The van der Waals surface area contributed by atoms with Crippen molar-refractivity contribution in [3.8, 4) is 0 Å². The Morgan fingerprint density at radius 3 is 0.774 bits per heavy atom. The summed E-state index contributed by atoms with van der Waals surface area (Å²) in [5.41, 5.74) is 1.60. The van der Waals surface area contributed by atoms with Gasteiger partial charge in [0, 0.05) is 0 Å². The third-order valence-corrected chi connectivity index (χ3v) is 7.39. The molecule has 3 rings (SSSR count). The minimum atomic E-state index is -4.44. The topological polar surface area (TPSA) is 173 Å². The molecule has 0 aliphatic rings. The van der Waals surface area contributed by atoms with E-state index in [-0.39, 0.29) is 15.9 Å². The maximum absolute atomic E-state index is 11.5. The fourth-order valence-electron chi connectivity index (χ4n) is 2.97. The van der Waals surface area contributed by atoms with E-state index >= 15 is 0 Å². The molecule has 0 atom stereocenters. The molecule has 0 spiro atoms. The van der Waals surface area contributed by atoms with Crippen molar-refractivity contribution in [2.45, 2.75) is 0 Å². The van der Waals surface area contributed by atoms with Crippen LogP contribution in [-0.2, 0) is 13.7 Å². The molecule has 1 radical (unpaired) electrons.